The number of hydroxylamine groups is 1. The number of carbonyl (C=O) groups excluding carboxylic acids is 1. The van der Waals surface area contributed by atoms with E-state index in [-0.39, 0.29) is 37.9 Å². The van der Waals surface area contributed by atoms with Gasteiger partial charge in [-0.25, -0.2) is 0 Å². The second kappa shape index (κ2) is 8.24. The quantitative estimate of drug-likeness (QED) is 0.515. The number of ether oxygens (including phenoxy) is 2. The maximum atomic E-state index is 12.6. The average Bonchev–Trinajstić information content (AvgIpc) is 3.44. The molecule has 1 heterocycles. The van der Waals surface area contributed by atoms with E-state index in [4.69, 9.17) is 27.9 Å². The van der Waals surface area contributed by atoms with Crippen LogP contribution in [0.25, 0.3) is 0 Å². The summed E-state index contributed by atoms with van der Waals surface area (Å²) in [5.41, 5.74) is -0.180. The molecule has 2 aromatic rings. The fourth-order valence-corrected chi connectivity index (χ4v) is 2.79. The van der Waals surface area contributed by atoms with Crippen LogP contribution in [0.3, 0.4) is 0 Å². The number of hydrogen-bond donors (Lipinski definition) is 1. The summed E-state index contributed by atoms with van der Waals surface area (Å²) >= 11 is 11.9. The Morgan fingerprint density at radius 2 is 1.93 bits per heavy atom. The second-order valence-corrected chi connectivity index (χ2v) is 6.68. The number of aromatic nitrogens is 1. The van der Waals surface area contributed by atoms with E-state index in [1.165, 1.54) is 30.6 Å². The van der Waals surface area contributed by atoms with Crippen molar-refractivity contribution in [3.05, 3.63) is 46.2 Å². The minimum absolute atomic E-state index is 0.0200. The van der Waals surface area contributed by atoms with Crippen LogP contribution in [0.5, 0.6) is 11.5 Å². The van der Waals surface area contributed by atoms with Crippen molar-refractivity contribution < 1.29 is 28.3 Å². The molecule has 1 aromatic heterocycles. The summed E-state index contributed by atoms with van der Waals surface area (Å²) in [4.78, 5) is 16.3. The molecule has 27 heavy (non-hydrogen) atoms. The fraction of sp³-hybridized carbons (Fsp3) is 0.294. The molecular formula is C17H14Cl2F2N2O4. The number of benzene rings is 1. The highest BCUT2D eigenvalue weighted by Gasteiger charge is 2.25. The lowest BCUT2D eigenvalue weighted by molar-refractivity contribution is -0.0515. The van der Waals surface area contributed by atoms with Crippen LogP contribution in [0.4, 0.5) is 14.5 Å². The van der Waals surface area contributed by atoms with Gasteiger partial charge >= 0.3 is 6.61 Å². The van der Waals surface area contributed by atoms with Gasteiger partial charge in [0.25, 0.3) is 5.91 Å². The van der Waals surface area contributed by atoms with E-state index < -0.39 is 12.5 Å². The molecule has 3 rings (SSSR count). The predicted molar refractivity (Wildman–Crippen MR) is 94.1 cm³/mol. The second-order valence-electron chi connectivity index (χ2n) is 5.86. The van der Waals surface area contributed by atoms with E-state index in [9.17, 15) is 18.8 Å². The van der Waals surface area contributed by atoms with Crippen LogP contribution in [0.2, 0.25) is 10.0 Å². The summed E-state index contributed by atoms with van der Waals surface area (Å²) in [5.74, 6) is -0.752. The molecule has 1 aromatic carbocycles. The Bertz CT molecular complexity index is 829. The fourth-order valence-electron chi connectivity index (χ4n) is 2.27. The maximum Gasteiger partial charge on any atom is 0.387 e. The van der Waals surface area contributed by atoms with Crippen molar-refractivity contribution in [3.8, 4) is 11.5 Å². The number of hydrogen-bond acceptors (Lipinski definition) is 5. The molecule has 1 saturated carbocycles. The lowest BCUT2D eigenvalue weighted by atomic mass is 10.1. The summed E-state index contributed by atoms with van der Waals surface area (Å²) < 4.78 is 35.1. The van der Waals surface area contributed by atoms with Crippen LogP contribution >= 0.6 is 23.2 Å². The third kappa shape index (κ3) is 4.77. The van der Waals surface area contributed by atoms with Crippen LogP contribution in [-0.2, 0) is 0 Å². The number of amides is 1. The monoisotopic (exact) mass is 418 g/mol. The first-order valence-electron chi connectivity index (χ1n) is 7.90. The molecule has 6 nitrogen and oxygen atoms in total. The summed E-state index contributed by atoms with van der Waals surface area (Å²) in [5, 5.41) is 10.4. The Balaban J connectivity index is 1.87. The molecular weight excluding hydrogens is 405 g/mol. The van der Waals surface area contributed by atoms with Crippen LogP contribution in [-0.4, -0.2) is 29.3 Å². The van der Waals surface area contributed by atoms with Crippen LogP contribution in [0.15, 0.2) is 30.6 Å². The lowest BCUT2D eigenvalue weighted by Crippen LogP contribution is -2.27. The molecule has 1 aliphatic carbocycles. The van der Waals surface area contributed by atoms with Crippen molar-refractivity contribution in [3.63, 3.8) is 0 Å². The van der Waals surface area contributed by atoms with Crippen LogP contribution in [0, 0.1) is 5.92 Å². The molecule has 10 heteroatoms. The Morgan fingerprint density at radius 1 is 1.26 bits per heavy atom. The molecule has 0 aliphatic heterocycles. The SMILES string of the molecule is O=C(c1ccc(OC(F)F)c(OCC2CC2)c1)N(O)c1c(Cl)cncc1Cl. The lowest BCUT2D eigenvalue weighted by Gasteiger charge is -2.18. The smallest absolute Gasteiger partial charge is 0.387 e. The topological polar surface area (TPSA) is 71.9 Å². The number of halogens is 4. The van der Waals surface area contributed by atoms with Gasteiger partial charge in [0.1, 0.15) is 5.69 Å². The van der Waals surface area contributed by atoms with Crippen LogP contribution < -0.4 is 14.5 Å². The summed E-state index contributed by atoms with van der Waals surface area (Å²) in [7, 11) is 0. The highest BCUT2D eigenvalue weighted by Crippen LogP contribution is 2.36. The van der Waals surface area contributed by atoms with Crippen molar-refractivity contribution in [2.45, 2.75) is 19.5 Å². The van der Waals surface area contributed by atoms with Crippen molar-refractivity contribution in [2.75, 3.05) is 11.7 Å². The molecule has 1 fully saturated rings. The van der Waals surface area contributed by atoms with Crippen molar-refractivity contribution in [2.24, 2.45) is 5.92 Å². The third-order valence-electron chi connectivity index (χ3n) is 3.81. The molecule has 1 amide bonds. The van der Waals surface area contributed by atoms with Gasteiger partial charge in [-0.05, 0) is 37.0 Å². The minimum Gasteiger partial charge on any atom is -0.489 e. The molecule has 0 unspecified atom stereocenters. The van der Waals surface area contributed by atoms with Gasteiger partial charge < -0.3 is 9.47 Å². The molecule has 0 saturated heterocycles. The van der Waals surface area contributed by atoms with E-state index in [2.05, 4.69) is 9.72 Å². The molecule has 0 radical (unpaired) electrons. The van der Waals surface area contributed by atoms with Gasteiger partial charge in [0.15, 0.2) is 11.5 Å². The van der Waals surface area contributed by atoms with Gasteiger partial charge in [0.05, 0.1) is 16.7 Å². The van der Waals surface area contributed by atoms with Gasteiger partial charge in [-0.1, -0.05) is 23.2 Å². The van der Waals surface area contributed by atoms with E-state index in [1.54, 1.807) is 0 Å². The van der Waals surface area contributed by atoms with Gasteiger partial charge in [-0.2, -0.15) is 13.8 Å². The van der Waals surface area contributed by atoms with E-state index in [0.717, 1.165) is 12.8 Å². The number of pyridine rings is 1. The largest absolute Gasteiger partial charge is 0.489 e. The van der Waals surface area contributed by atoms with Crippen molar-refractivity contribution >= 4 is 34.8 Å². The zero-order valence-electron chi connectivity index (χ0n) is 13.7. The van der Waals surface area contributed by atoms with Crippen molar-refractivity contribution in [1.82, 2.24) is 4.98 Å². The molecule has 0 bridgehead atoms. The van der Waals surface area contributed by atoms with Gasteiger partial charge in [0.2, 0.25) is 0 Å². The Hall–Kier alpha value is -2.16. The minimum atomic E-state index is -3.04. The number of alkyl halides is 2. The van der Waals surface area contributed by atoms with Crippen LogP contribution in [0.1, 0.15) is 23.2 Å². The number of anilines is 1. The zero-order valence-corrected chi connectivity index (χ0v) is 15.3. The molecule has 0 atom stereocenters. The van der Waals surface area contributed by atoms with Gasteiger partial charge in [0, 0.05) is 18.0 Å². The Kier molecular flexibility index (Phi) is 5.98. The van der Waals surface area contributed by atoms with E-state index in [1.807, 2.05) is 0 Å². The number of rotatable bonds is 7. The van der Waals surface area contributed by atoms with E-state index in [0.29, 0.717) is 12.5 Å². The molecule has 144 valence electrons. The Labute approximate surface area is 163 Å². The molecule has 1 N–H and O–H groups in total. The highest BCUT2D eigenvalue weighted by atomic mass is 35.5. The first-order chi connectivity index (χ1) is 12.9. The molecule has 0 spiro atoms. The van der Waals surface area contributed by atoms with Crippen molar-refractivity contribution in [1.29, 1.82) is 0 Å². The third-order valence-corrected chi connectivity index (χ3v) is 4.36. The summed E-state index contributed by atoms with van der Waals surface area (Å²) in [6.07, 6.45) is 4.41. The standard InChI is InChI=1S/C17H14Cl2F2N2O4/c18-11-6-22-7-12(19)15(11)23(25)16(24)10-3-4-13(27-17(20)21)14(5-10)26-8-9-1-2-9/h3-7,9,17,25H,1-2,8H2. The van der Waals surface area contributed by atoms with E-state index >= 15 is 0 Å². The highest BCUT2D eigenvalue weighted by molar-refractivity contribution is 6.39. The average molecular weight is 419 g/mol. The van der Waals surface area contributed by atoms with Gasteiger partial charge in [-0.3, -0.25) is 15.0 Å². The number of carbonyl (C=O) groups is 1. The normalized spacial score (nSPS) is 13.6. The van der Waals surface area contributed by atoms with Gasteiger partial charge in [-0.15, -0.1) is 0 Å². The number of nitrogens with zero attached hydrogens (tertiary/aromatic N) is 2. The first kappa shape index (κ1) is 19.6. The maximum absolute atomic E-state index is 12.6. The Morgan fingerprint density at radius 3 is 2.52 bits per heavy atom. The molecule has 1 aliphatic rings. The zero-order chi connectivity index (χ0) is 19.6. The summed E-state index contributed by atoms with van der Waals surface area (Å²) in [6.45, 7) is -2.72. The predicted octanol–water partition coefficient (Wildman–Crippen LogP) is 4.81. The summed E-state index contributed by atoms with van der Waals surface area (Å²) in [6, 6.07) is 3.61. The first-order valence-corrected chi connectivity index (χ1v) is 8.66.